The van der Waals surface area contributed by atoms with Crippen LogP contribution in [0.3, 0.4) is 0 Å². The first kappa shape index (κ1) is 17.4. The molecule has 0 fully saturated rings. The Morgan fingerprint density at radius 3 is 2.46 bits per heavy atom. The van der Waals surface area contributed by atoms with Crippen molar-refractivity contribution in [1.29, 1.82) is 0 Å². The van der Waals surface area contributed by atoms with Crippen LogP contribution >= 0.6 is 0 Å². The van der Waals surface area contributed by atoms with Crippen LogP contribution in [0.25, 0.3) is 12.2 Å². The Labute approximate surface area is 152 Å². The van der Waals surface area contributed by atoms with Gasteiger partial charge in [-0.15, -0.1) is 0 Å². The first-order valence-corrected chi connectivity index (χ1v) is 8.24. The summed E-state index contributed by atoms with van der Waals surface area (Å²) in [6.45, 7) is 0.487. The van der Waals surface area contributed by atoms with E-state index in [9.17, 15) is 4.79 Å². The lowest BCUT2D eigenvalue weighted by molar-refractivity contribution is 0.0600. The standard InChI is InChI=1S/C22H19NO3/c1-25-22(24)19-12-9-17(10-13-19)11-14-20-21(8-5-15-23-20)26-16-18-6-3-2-4-7-18/h2-15H,16H2,1H3. The molecule has 0 N–H and O–H groups in total. The second-order valence-electron chi connectivity index (χ2n) is 5.61. The third-order valence-corrected chi connectivity index (χ3v) is 3.80. The van der Waals surface area contributed by atoms with Crippen LogP contribution in [0.2, 0.25) is 0 Å². The lowest BCUT2D eigenvalue weighted by atomic mass is 10.1. The summed E-state index contributed by atoms with van der Waals surface area (Å²) < 4.78 is 10.6. The summed E-state index contributed by atoms with van der Waals surface area (Å²) in [7, 11) is 1.37. The molecule has 0 aliphatic rings. The molecule has 0 bridgehead atoms. The fraction of sp³-hybridized carbons (Fsp3) is 0.0909. The van der Waals surface area contributed by atoms with Crippen molar-refractivity contribution >= 4 is 18.1 Å². The fourth-order valence-corrected chi connectivity index (χ4v) is 2.41. The summed E-state index contributed by atoms with van der Waals surface area (Å²) >= 11 is 0. The smallest absolute Gasteiger partial charge is 0.337 e. The molecule has 4 nitrogen and oxygen atoms in total. The van der Waals surface area contributed by atoms with E-state index in [4.69, 9.17) is 9.47 Å². The molecule has 0 saturated carbocycles. The van der Waals surface area contributed by atoms with Crippen LogP contribution < -0.4 is 4.74 Å². The molecule has 1 heterocycles. The summed E-state index contributed by atoms with van der Waals surface area (Å²) in [6.07, 6.45) is 5.56. The van der Waals surface area contributed by atoms with Crippen molar-refractivity contribution in [3.8, 4) is 5.75 Å². The Morgan fingerprint density at radius 2 is 1.73 bits per heavy atom. The van der Waals surface area contributed by atoms with E-state index in [2.05, 4.69) is 4.98 Å². The zero-order chi connectivity index (χ0) is 18.2. The lowest BCUT2D eigenvalue weighted by Crippen LogP contribution is -2.00. The number of methoxy groups -OCH3 is 1. The van der Waals surface area contributed by atoms with Gasteiger partial charge in [0.05, 0.1) is 12.7 Å². The molecule has 0 spiro atoms. The van der Waals surface area contributed by atoms with Gasteiger partial charge in [0.25, 0.3) is 0 Å². The fourth-order valence-electron chi connectivity index (χ4n) is 2.41. The molecular formula is C22H19NO3. The van der Waals surface area contributed by atoms with E-state index in [1.54, 1.807) is 18.3 Å². The van der Waals surface area contributed by atoms with Crippen molar-refractivity contribution in [2.45, 2.75) is 6.61 Å². The van der Waals surface area contributed by atoms with Gasteiger partial charge in [0, 0.05) is 6.20 Å². The molecule has 0 aliphatic heterocycles. The van der Waals surface area contributed by atoms with Gasteiger partial charge in [0.2, 0.25) is 0 Å². The first-order valence-electron chi connectivity index (χ1n) is 8.24. The SMILES string of the molecule is COC(=O)c1ccc(C=Cc2ncccc2OCc2ccccc2)cc1. The molecular weight excluding hydrogens is 326 g/mol. The molecule has 0 radical (unpaired) electrons. The largest absolute Gasteiger partial charge is 0.487 e. The highest BCUT2D eigenvalue weighted by molar-refractivity contribution is 5.89. The van der Waals surface area contributed by atoms with Gasteiger partial charge in [0.1, 0.15) is 18.1 Å². The summed E-state index contributed by atoms with van der Waals surface area (Å²) in [4.78, 5) is 15.9. The average Bonchev–Trinajstić information content (AvgIpc) is 2.72. The Balaban J connectivity index is 1.71. The van der Waals surface area contributed by atoms with E-state index in [-0.39, 0.29) is 5.97 Å². The average molecular weight is 345 g/mol. The van der Waals surface area contributed by atoms with Gasteiger partial charge in [0.15, 0.2) is 0 Å². The predicted octanol–water partition coefficient (Wildman–Crippen LogP) is 4.62. The zero-order valence-corrected chi connectivity index (χ0v) is 14.5. The molecule has 1 aromatic heterocycles. The number of esters is 1. The van der Waals surface area contributed by atoms with Crippen molar-refractivity contribution < 1.29 is 14.3 Å². The number of carbonyl (C=O) groups is 1. The molecule has 2 aromatic carbocycles. The van der Waals surface area contributed by atoms with E-state index in [0.717, 1.165) is 22.6 Å². The van der Waals surface area contributed by atoms with Gasteiger partial charge in [-0.1, -0.05) is 48.5 Å². The van der Waals surface area contributed by atoms with Gasteiger partial charge in [-0.3, -0.25) is 4.98 Å². The molecule has 3 rings (SSSR count). The highest BCUT2D eigenvalue weighted by Gasteiger charge is 2.04. The van der Waals surface area contributed by atoms with Gasteiger partial charge in [-0.05, 0) is 41.5 Å². The molecule has 3 aromatic rings. The van der Waals surface area contributed by atoms with E-state index < -0.39 is 0 Å². The number of aromatic nitrogens is 1. The van der Waals surface area contributed by atoms with E-state index in [1.807, 2.05) is 66.7 Å². The normalized spacial score (nSPS) is 10.7. The molecule has 0 amide bonds. The minimum atomic E-state index is -0.346. The summed E-state index contributed by atoms with van der Waals surface area (Å²) in [5.41, 5.74) is 3.33. The van der Waals surface area contributed by atoms with Crippen LogP contribution in [0.15, 0.2) is 72.9 Å². The topological polar surface area (TPSA) is 48.4 Å². The maximum Gasteiger partial charge on any atom is 0.337 e. The number of benzene rings is 2. The molecule has 0 atom stereocenters. The molecule has 0 unspecified atom stereocenters. The van der Waals surface area contributed by atoms with E-state index >= 15 is 0 Å². The van der Waals surface area contributed by atoms with Crippen molar-refractivity contribution in [3.63, 3.8) is 0 Å². The third-order valence-electron chi connectivity index (χ3n) is 3.80. The number of rotatable bonds is 6. The highest BCUT2D eigenvalue weighted by atomic mass is 16.5. The zero-order valence-electron chi connectivity index (χ0n) is 14.5. The minimum Gasteiger partial charge on any atom is -0.487 e. The molecule has 4 heteroatoms. The third kappa shape index (κ3) is 4.57. The van der Waals surface area contributed by atoms with Crippen LogP contribution in [0.5, 0.6) is 5.75 Å². The second-order valence-corrected chi connectivity index (χ2v) is 5.61. The minimum absolute atomic E-state index is 0.346. The van der Waals surface area contributed by atoms with Gasteiger partial charge >= 0.3 is 5.97 Å². The Hall–Kier alpha value is -3.40. The maximum absolute atomic E-state index is 11.5. The summed E-state index contributed by atoms with van der Waals surface area (Å²) in [6, 6.07) is 20.9. The molecule has 130 valence electrons. The highest BCUT2D eigenvalue weighted by Crippen LogP contribution is 2.20. The van der Waals surface area contributed by atoms with Gasteiger partial charge in [-0.25, -0.2) is 4.79 Å². The number of nitrogens with zero attached hydrogens (tertiary/aromatic N) is 1. The molecule has 26 heavy (non-hydrogen) atoms. The van der Waals surface area contributed by atoms with Gasteiger partial charge in [-0.2, -0.15) is 0 Å². The van der Waals surface area contributed by atoms with Crippen LogP contribution in [-0.2, 0) is 11.3 Å². The number of carbonyl (C=O) groups excluding carboxylic acids is 1. The van der Waals surface area contributed by atoms with Crippen LogP contribution in [0.4, 0.5) is 0 Å². The van der Waals surface area contributed by atoms with Crippen molar-refractivity contribution in [2.24, 2.45) is 0 Å². The van der Waals surface area contributed by atoms with Crippen molar-refractivity contribution in [2.75, 3.05) is 7.11 Å². The van der Waals surface area contributed by atoms with E-state index in [0.29, 0.717) is 12.2 Å². The first-order chi connectivity index (χ1) is 12.8. The molecule has 0 saturated heterocycles. The van der Waals surface area contributed by atoms with Crippen molar-refractivity contribution in [3.05, 3.63) is 95.3 Å². The number of hydrogen-bond donors (Lipinski definition) is 0. The summed E-state index contributed by atoms with van der Waals surface area (Å²) in [5, 5.41) is 0. The maximum atomic E-state index is 11.5. The number of hydrogen-bond acceptors (Lipinski definition) is 4. The monoisotopic (exact) mass is 345 g/mol. The summed E-state index contributed by atoms with van der Waals surface area (Å²) in [5.74, 6) is 0.376. The van der Waals surface area contributed by atoms with Crippen molar-refractivity contribution in [1.82, 2.24) is 4.98 Å². The Bertz CT molecular complexity index is 887. The second kappa shape index (κ2) is 8.62. The van der Waals surface area contributed by atoms with Crippen LogP contribution in [-0.4, -0.2) is 18.1 Å². The Morgan fingerprint density at radius 1 is 0.962 bits per heavy atom. The van der Waals surface area contributed by atoms with Gasteiger partial charge < -0.3 is 9.47 Å². The van der Waals surface area contributed by atoms with E-state index in [1.165, 1.54) is 7.11 Å². The Kier molecular flexibility index (Phi) is 5.78. The van der Waals surface area contributed by atoms with Crippen LogP contribution in [0.1, 0.15) is 27.2 Å². The lowest BCUT2D eigenvalue weighted by Gasteiger charge is -2.08. The molecule has 0 aliphatic carbocycles. The quantitative estimate of drug-likeness (QED) is 0.612. The number of pyridine rings is 1. The number of ether oxygens (including phenoxy) is 2. The predicted molar refractivity (Wildman–Crippen MR) is 102 cm³/mol. The van der Waals surface area contributed by atoms with Crippen LogP contribution in [0, 0.1) is 0 Å².